The first-order chi connectivity index (χ1) is 7.52. The molecule has 0 spiro atoms. The van der Waals surface area contributed by atoms with Crippen molar-refractivity contribution in [1.29, 1.82) is 0 Å². The summed E-state index contributed by atoms with van der Waals surface area (Å²) in [5, 5.41) is 4.55. The molecule has 2 N–H and O–H groups in total. The van der Waals surface area contributed by atoms with E-state index in [9.17, 15) is 0 Å². The molecule has 0 amide bonds. The largest absolute Gasteiger partial charge is 0.326 e. The lowest BCUT2D eigenvalue weighted by Crippen LogP contribution is -2.35. The van der Waals surface area contributed by atoms with E-state index in [-0.39, 0.29) is 6.04 Å². The van der Waals surface area contributed by atoms with E-state index < -0.39 is 0 Å². The van der Waals surface area contributed by atoms with Crippen LogP contribution in [0.5, 0.6) is 0 Å². The van der Waals surface area contributed by atoms with Crippen molar-refractivity contribution in [1.82, 2.24) is 14.7 Å². The Kier molecular flexibility index (Phi) is 4.96. The molecule has 0 radical (unpaired) electrons. The molecule has 16 heavy (non-hydrogen) atoms. The Morgan fingerprint density at radius 3 is 2.75 bits per heavy atom. The summed E-state index contributed by atoms with van der Waals surface area (Å²) in [7, 11) is 4.08. The Morgan fingerprint density at radius 2 is 2.19 bits per heavy atom. The molecular formula is C12H24N4. The van der Waals surface area contributed by atoms with Crippen LogP contribution in [0.1, 0.15) is 32.0 Å². The van der Waals surface area contributed by atoms with Crippen molar-refractivity contribution in [3.63, 3.8) is 0 Å². The minimum Gasteiger partial charge on any atom is -0.326 e. The molecule has 4 nitrogen and oxygen atoms in total. The van der Waals surface area contributed by atoms with Gasteiger partial charge in [0.05, 0.1) is 5.69 Å². The van der Waals surface area contributed by atoms with Crippen molar-refractivity contribution in [2.24, 2.45) is 5.73 Å². The molecule has 0 aromatic carbocycles. The van der Waals surface area contributed by atoms with E-state index in [1.807, 2.05) is 25.0 Å². The lowest BCUT2D eigenvalue weighted by atomic mass is 10.1. The summed E-state index contributed by atoms with van der Waals surface area (Å²) in [5.41, 5.74) is 7.13. The van der Waals surface area contributed by atoms with Crippen molar-refractivity contribution in [2.45, 2.75) is 38.8 Å². The van der Waals surface area contributed by atoms with Crippen LogP contribution in [0.15, 0.2) is 12.3 Å². The third-order valence-electron chi connectivity index (χ3n) is 2.78. The zero-order valence-electron chi connectivity index (χ0n) is 10.8. The second-order valence-corrected chi connectivity index (χ2v) is 4.77. The van der Waals surface area contributed by atoms with Gasteiger partial charge in [-0.3, -0.25) is 4.68 Å². The lowest BCUT2D eigenvalue weighted by molar-refractivity contribution is 0.369. The van der Waals surface area contributed by atoms with Gasteiger partial charge in [-0.25, -0.2) is 0 Å². The second kappa shape index (κ2) is 6.01. The number of rotatable bonds is 6. The van der Waals surface area contributed by atoms with Crippen LogP contribution < -0.4 is 5.73 Å². The fourth-order valence-corrected chi connectivity index (χ4v) is 1.72. The van der Waals surface area contributed by atoms with Crippen LogP contribution in [-0.2, 0) is 6.42 Å². The van der Waals surface area contributed by atoms with E-state index in [1.54, 1.807) is 0 Å². The van der Waals surface area contributed by atoms with Crippen molar-refractivity contribution in [3.05, 3.63) is 18.0 Å². The molecule has 1 heterocycles. The number of hydrogen-bond donors (Lipinski definition) is 1. The minimum absolute atomic E-state index is 0.162. The molecule has 2 atom stereocenters. The molecule has 1 aromatic heterocycles. The summed E-state index contributed by atoms with van der Waals surface area (Å²) in [6, 6.07) is 2.70. The average molecular weight is 224 g/mol. The van der Waals surface area contributed by atoms with Gasteiger partial charge in [-0.15, -0.1) is 0 Å². The van der Waals surface area contributed by atoms with Crippen LogP contribution >= 0.6 is 0 Å². The molecule has 0 aliphatic carbocycles. The number of likely N-dealkylation sites (N-methyl/N-ethyl adjacent to an activating group) is 1. The summed E-state index contributed by atoms with van der Waals surface area (Å²) >= 11 is 0. The van der Waals surface area contributed by atoms with E-state index in [0.29, 0.717) is 6.04 Å². The van der Waals surface area contributed by atoms with E-state index in [1.165, 1.54) is 0 Å². The molecule has 0 aliphatic rings. The summed E-state index contributed by atoms with van der Waals surface area (Å²) in [4.78, 5) is 2.11. The van der Waals surface area contributed by atoms with Gasteiger partial charge in [-0.05, 0) is 33.5 Å². The average Bonchev–Trinajstić information content (AvgIpc) is 2.63. The molecular weight excluding hydrogens is 200 g/mol. The standard InChI is InChI=1S/C12H24N4/c1-5-10(2)16-7-6-12(14-16)8-11(13)9-15(3)4/h6-7,10-11H,5,8-9,13H2,1-4H3. The Balaban J connectivity index is 2.51. The molecule has 2 unspecified atom stereocenters. The summed E-state index contributed by atoms with van der Waals surface area (Å²) < 4.78 is 2.03. The Bertz CT molecular complexity index is 306. The van der Waals surface area contributed by atoms with E-state index in [0.717, 1.165) is 25.1 Å². The highest BCUT2D eigenvalue weighted by atomic mass is 15.3. The molecule has 0 bridgehead atoms. The Morgan fingerprint density at radius 1 is 1.50 bits per heavy atom. The van der Waals surface area contributed by atoms with Crippen LogP contribution in [0.4, 0.5) is 0 Å². The van der Waals surface area contributed by atoms with Crippen molar-refractivity contribution < 1.29 is 0 Å². The maximum absolute atomic E-state index is 6.03. The van der Waals surface area contributed by atoms with Gasteiger partial charge < -0.3 is 10.6 Å². The summed E-state index contributed by atoms with van der Waals surface area (Å²) in [5.74, 6) is 0. The maximum atomic E-state index is 6.03. The highest BCUT2D eigenvalue weighted by Crippen LogP contribution is 2.10. The van der Waals surface area contributed by atoms with Gasteiger partial charge in [0, 0.05) is 31.2 Å². The van der Waals surface area contributed by atoms with Gasteiger partial charge in [0.1, 0.15) is 0 Å². The Labute approximate surface area is 98.4 Å². The first-order valence-corrected chi connectivity index (χ1v) is 5.97. The van der Waals surface area contributed by atoms with Crippen LogP contribution in [0.25, 0.3) is 0 Å². The number of nitrogens with two attached hydrogens (primary N) is 1. The zero-order chi connectivity index (χ0) is 12.1. The lowest BCUT2D eigenvalue weighted by Gasteiger charge is -2.15. The van der Waals surface area contributed by atoms with Gasteiger partial charge in [0.25, 0.3) is 0 Å². The van der Waals surface area contributed by atoms with Crippen LogP contribution in [0, 0.1) is 0 Å². The SMILES string of the molecule is CCC(C)n1ccc(CC(N)CN(C)C)n1. The van der Waals surface area contributed by atoms with E-state index >= 15 is 0 Å². The molecule has 92 valence electrons. The minimum atomic E-state index is 0.162. The number of hydrogen-bond acceptors (Lipinski definition) is 3. The molecule has 4 heteroatoms. The van der Waals surface area contributed by atoms with Gasteiger partial charge in [-0.1, -0.05) is 6.92 Å². The fourth-order valence-electron chi connectivity index (χ4n) is 1.72. The number of aromatic nitrogens is 2. The second-order valence-electron chi connectivity index (χ2n) is 4.77. The summed E-state index contributed by atoms with van der Waals surface area (Å²) in [6.45, 7) is 5.25. The normalized spacial score (nSPS) is 15.4. The smallest absolute Gasteiger partial charge is 0.0640 e. The third kappa shape index (κ3) is 3.94. The van der Waals surface area contributed by atoms with Gasteiger partial charge in [0.15, 0.2) is 0 Å². The first-order valence-electron chi connectivity index (χ1n) is 5.97. The zero-order valence-corrected chi connectivity index (χ0v) is 10.8. The monoisotopic (exact) mass is 224 g/mol. The van der Waals surface area contributed by atoms with E-state index in [4.69, 9.17) is 5.73 Å². The summed E-state index contributed by atoms with van der Waals surface area (Å²) in [6.07, 6.45) is 4.00. The van der Waals surface area contributed by atoms with Crippen molar-refractivity contribution in [3.8, 4) is 0 Å². The van der Waals surface area contributed by atoms with Crippen molar-refractivity contribution in [2.75, 3.05) is 20.6 Å². The highest BCUT2D eigenvalue weighted by molar-refractivity contribution is 5.02. The quantitative estimate of drug-likeness (QED) is 0.792. The maximum Gasteiger partial charge on any atom is 0.0640 e. The van der Waals surface area contributed by atoms with E-state index in [2.05, 4.69) is 29.9 Å². The van der Waals surface area contributed by atoms with Gasteiger partial charge >= 0.3 is 0 Å². The highest BCUT2D eigenvalue weighted by Gasteiger charge is 2.09. The molecule has 0 saturated carbocycles. The molecule has 1 aromatic rings. The number of nitrogens with zero attached hydrogens (tertiary/aromatic N) is 3. The predicted octanol–water partition coefficient (Wildman–Crippen LogP) is 1.29. The molecule has 0 aliphatic heterocycles. The third-order valence-corrected chi connectivity index (χ3v) is 2.78. The molecule has 1 rings (SSSR count). The van der Waals surface area contributed by atoms with Crippen LogP contribution in [-0.4, -0.2) is 41.4 Å². The topological polar surface area (TPSA) is 47.1 Å². The fraction of sp³-hybridized carbons (Fsp3) is 0.750. The Hall–Kier alpha value is -0.870. The predicted molar refractivity (Wildman–Crippen MR) is 67.5 cm³/mol. The molecule has 0 saturated heterocycles. The van der Waals surface area contributed by atoms with Crippen molar-refractivity contribution >= 4 is 0 Å². The van der Waals surface area contributed by atoms with Crippen LogP contribution in [0.3, 0.4) is 0 Å². The molecule has 0 fully saturated rings. The first kappa shape index (κ1) is 13.2. The van der Waals surface area contributed by atoms with Crippen LogP contribution in [0.2, 0.25) is 0 Å². The van der Waals surface area contributed by atoms with Gasteiger partial charge in [0.2, 0.25) is 0 Å². The van der Waals surface area contributed by atoms with Gasteiger partial charge in [-0.2, -0.15) is 5.10 Å².